The van der Waals surface area contributed by atoms with Gasteiger partial charge in [-0.05, 0) is 43.4 Å². The van der Waals surface area contributed by atoms with Gasteiger partial charge in [0.25, 0.3) is 5.91 Å². The number of aryl methyl sites for hydroxylation is 1. The van der Waals surface area contributed by atoms with Crippen molar-refractivity contribution in [2.24, 2.45) is 7.05 Å². The molecule has 1 saturated heterocycles. The Labute approximate surface area is 195 Å². The van der Waals surface area contributed by atoms with Gasteiger partial charge in [0.2, 0.25) is 5.91 Å². The van der Waals surface area contributed by atoms with E-state index in [1.807, 2.05) is 18.0 Å². The lowest BCUT2D eigenvalue weighted by molar-refractivity contribution is -0.131. The Hall–Kier alpha value is -3.07. The molecule has 1 aliphatic heterocycles. The van der Waals surface area contributed by atoms with Crippen molar-refractivity contribution in [2.75, 3.05) is 18.4 Å². The summed E-state index contributed by atoms with van der Waals surface area (Å²) < 4.78 is 14.8. The SMILES string of the molecule is Cn1nc(C2CC2)cc1NC(=O)c1csc(C2CCN(C(=O)Cc3ccc(F)cc3)CC2)n1. The van der Waals surface area contributed by atoms with Crippen molar-refractivity contribution in [3.63, 3.8) is 0 Å². The molecule has 0 unspecified atom stereocenters. The third-order valence-electron chi connectivity index (χ3n) is 6.36. The number of carbonyl (C=O) groups excluding carboxylic acids is 2. The molecule has 2 fully saturated rings. The van der Waals surface area contributed by atoms with Gasteiger partial charge in [-0.15, -0.1) is 11.3 Å². The molecular formula is C24H26FN5O2S. The van der Waals surface area contributed by atoms with E-state index < -0.39 is 0 Å². The average molecular weight is 468 g/mol. The molecule has 33 heavy (non-hydrogen) atoms. The van der Waals surface area contributed by atoms with Crippen LogP contribution in [0.4, 0.5) is 10.2 Å². The van der Waals surface area contributed by atoms with Crippen LogP contribution in [0.3, 0.4) is 0 Å². The monoisotopic (exact) mass is 467 g/mol. The minimum Gasteiger partial charge on any atom is -0.342 e. The van der Waals surface area contributed by atoms with E-state index in [1.165, 1.54) is 23.5 Å². The zero-order valence-corrected chi connectivity index (χ0v) is 19.3. The fourth-order valence-corrected chi connectivity index (χ4v) is 5.18. The Morgan fingerprint density at radius 1 is 1.12 bits per heavy atom. The summed E-state index contributed by atoms with van der Waals surface area (Å²) in [6, 6.07) is 8.01. The van der Waals surface area contributed by atoms with Crippen LogP contribution in [0, 0.1) is 5.82 Å². The number of anilines is 1. The van der Waals surface area contributed by atoms with Gasteiger partial charge in [-0.25, -0.2) is 9.37 Å². The molecule has 2 aliphatic rings. The topological polar surface area (TPSA) is 80.1 Å². The van der Waals surface area contributed by atoms with Crippen LogP contribution in [0.5, 0.6) is 0 Å². The molecular weight excluding hydrogens is 441 g/mol. The molecule has 1 aliphatic carbocycles. The maximum absolute atomic E-state index is 13.1. The van der Waals surface area contributed by atoms with Crippen LogP contribution in [-0.4, -0.2) is 44.6 Å². The summed E-state index contributed by atoms with van der Waals surface area (Å²) in [4.78, 5) is 31.8. The van der Waals surface area contributed by atoms with Gasteiger partial charge in [0.15, 0.2) is 0 Å². The lowest BCUT2D eigenvalue weighted by atomic mass is 9.97. The molecule has 9 heteroatoms. The Bertz CT molecular complexity index is 1160. The lowest BCUT2D eigenvalue weighted by Crippen LogP contribution is -2.38. The van der Waals surface area contributed by atoms with Crippen molar-refractivity contribution in [3.05, 3.63) is 63.5 Å². The molecule has 172 valence electrons. The van der Waals surface area contributed by atoms with E-state index >= 15 is 0 Å². The second-order valence-corrected chi connectivity index (χ2v) is 9.73. The van der Waals surface area contributed by atoms with Crippen molar-refractivity contribution in [2.45, 2.75) is 43.9 Å². The number of nitrogens with one attached hydrogen (secondary N) is 1. The Morgan fingerprint density at radius 2 is 1.85 bits per heavy atom. The maximum Gasteiger partial charge on any atom is 0.276 e. The third-order valence-corrected chi connectivity index (χ3v) is 7.36. The molecule has 0 bridgehead atoms. The molecule has 3 heterocycles. The number of rotatable bonds is 6. The standard InChI is InChI=1S/C24H26FN5O2S/c1-29-21(13-19(28-29)16-4-5-16)27-23(32)20-14-33-24(26-20)17-8-10-30(11-9-17)22(31)12-15-2-6-18(25)7-3-15/h2-3,6-7,13-14,16-17H,4-5,8-12H2,1H3,(H,27,32). The zero-order valence-electron chi connectivity index (χ0n) is 18.5. The fourth-order valence-electron chi connectivity index (χ4n) is 4.21. The number of halogens is 1. The molecule has 1 N–H and O–H groups in total. The molecule has 2 aromatic heterocycles. The molecule has 1 aromatic carbocycles. The number of hydrogen-bond acceptors (Lipinski definition) is 5. The predicted octanol–water partition coefficient (Wildman–Crippen LogP) is 4.09. The first kappa shape index (κ1) is 21.8. The number of piperidine rings is 1. The highest BCUT2D eigenvalue weighted by Gasteiger charge is 2.28. The van der Waals surface area contributed by atoms with Crippen molar-refractivity contribution in [3.8, 4) is 0 Å². The maximum atomic E-state index is 13.1. The fraction of sp³-hybridized carbons (Fsp3) is 0.417. The number of benzene rings is 1. The van der Waals surface area contributed by atoms with Crippen molar-refractivity contribution >= 4 is 29.0 Å². The van der Waals surface area contributed by atoms with Crippen molar-refractivity contribution in [1.29, 1.82) is 0 Å². The quantitative estimate of drug-likeness (QED) is 0.592. The van der Waals surface area contributed by atoms with Crippen LogP contribution in [0.25, 0.3) is 0 Å². The Morgan fingerprint density at radius 3 is 2.55 bits per heavy atom. The van der Waals surface area contributed by atoms with Gasteiger partial charge in [-0.1, -0.05) is 12.1 Å². The highest BCUT2D eigenvalue weighted by Crippen LogP contribution is 2.40. The normalized spacial score (nSPS) is 16.7. The van der Waals surface area contributed by atoms with Gasteiger partial charge in [-0.2, -0.15) is 5.10 Å². The first-order chi connectivity index (χ1) is 16.0. The number of aromatic nitrogens is 3. The minimum absolute atomic E-state index is 0.0565. The molecule has 5 rings (SSSR count). The van der Waals surface area contributed by atoms with E-state index in [0.29, 0.717) is 30.5 Å². The number of likely N-dealkylation sites (tertiary alicyclic amines) is 1. The molecule has 0 spiro atoms. The van der Waals surface area contributed by atoms with Crippen LogP contribution in [0.2, 0.25) is 0 Å². The number of amides is 2. The van der Waals surface area contributed by atoms with E-state index in [1.54, 1.807) is 22.2 Å². The molecule has 2 amide bonds. The third kappa shape index (κ3) is 4.98. The summed E-state index contributed by atoms with van der Waals surface area (Å²) in [5, 5.41) is 10.1. The number of nitrogens with zero attached hydrogens (tertiary/aromatic N) is 4. The zero-order chi connectivity index (χ0) is 22.9. The Balaban J connectivity index is 1.15. The summed E-state index contributed by atoms with van der Waals surface area (Å²) >= 11 is 1.50. The number of thiazole rings is 1. The largest absolute Gasteiger partial charge is 0.342 e. The van der Waals surface area contributed by atoms with E-state index in [0.717, 1.165) is 41.9 Å². The highest BCUT2D eigenvalue weighted by atomic mass is 32.1. The lowest BCUT2D eigenvalue weighted by Gasteiger charge is -2.31. The van der Waals surface area contributed by atoms with E-state index in [9.17, 15) is 14.0 Å². The first-order valence-electron chi connectivity index (χ1n) is 11.3. The summed E-state index contributed by atoms with van der Waals surface area (Å²) in [5.74, 6) is 0.984. The highest BCUT2D eigenvalue weighted by molar-refractivity contribution is 7.10. The van der Waals surface area contributed by atoms with Crippen LogP contribution in [0.1, 0.15) is 64.3 Å². The van der Waals surface area contributed by atoms with Gasteiger partial charge in [-0.3, -0.25) is 14.3 Å². The van der Waals surface area contributed by atoms with E-state index in [4.69, 9.17) is 0 Å². The van der Waals surface area contributed by atoms with Crippen LogP contribution in [0.15, 0.2) is 35.7 Å². The van der Waals surface area contributed by atoms with Gasteiger partial charge in [0, 0.05) is 43.4 Å². The predicted molar refractivity (Wildman–Crippen MR) is 124 cm³/mol. The van der Waals surface area contributed by atoms with Crippen LogP contribution >= 0.6 is 11.3 Å². The smallest absolute Gasteiger partial charge is 0.276 e. The minimum atomic E-state index is -0.299. The van der Waals surface area contributed by atoms with Gasteiger partial charge >= 0.3 is 0 Å². The van der Waals surface area contributed by atoms with Gasteiger partial charge < -0.3 is 10.2 Å². The summed E-state index contributed by atoms with van der Waals surface area (Å²) in [7, 11) is 1.83. The summed E-state index contributed by atoms with van der Waals surface area (Å²) in [5.41, 5.74) is 2.27. The molecule has 7 nitrogen and oxygen atoms in total. The van der Waals surface area contributed by atoms with E-state index in [-0.39, 0.29) is 30.0 Å². The Kier molecular flexibility index (Phi) is 5.97. The first-order valence-corrected chi connectivity index (χ1v) is 12.2. The van der Waals surface area contributed by atoms with E-state index in [2.05, 4.69) is 15.4 Å². The molecule has 1 saturated carbocycles. The number of carbonyl (C=O) groups is 2. The second kappa shape index (κ2) is 9.05. The molecule has 3 aromatic rings. The second-order valence-electron chi connectivity index (χ2n) is 8.84. The summed E-state index contributed by atoms with van der Waals surface area (Å²) in [6.45, 7) is 1.32. The van der Waals surface area contributed by atoms with Crippen LogP contribution in [-0.2, 0) is 18.3 Å². The van der Waals surface area contributed by atoms with Crippen molar-refractivity contribution in [1.82, 2.24) is 19.7 Å². The molecule has 0 atom stereocenters. The molecule has 0 radical (unpaired) electrons. The van der Waals surface area contributed by atoms with Gasteiger partial charge in [0.1, 0.15) is 17.3 Å². The average Bonchev–Trinajstić information content (AvgIpc) is 3.43. The number of hydrogen-bond donors (Lipinski definition) is 1. The summed E-state index contributed by atoms with van der Waals surface area (Å²) in [6.07, 6.45) is 4.24. The van der Waals surface area contributed by atoms with Crippen molar-refractivity contribution < 1.29 is 14.0 Å². The van der Waals surface area contributed by atoms with Crippen LogP contribution < -0.4 is 5.32 Å². The van der Waals surface area contributed by atoms with Gasteiger partial charge in [0.05, 0.1) is 17.1 Å².